The van der Waals surface area contributed by atoms with E-state index in [1.165, 1.54) is 38.6 Å². The maximum absolute atomic E-state index is 12.8. The van der Waals surface area contributed by atoms with Gasteiger partial charge in [0.25, 0.3) is 11.8 Å². The third kappa shape index (κ3) is 6.37. The average Bonchev–Trinajstić information content (AvgIpc) is 3.39. The summed E-state index contributed by atoms with van der Waals surface area (Å²) < 4.78 is 54.1. The lowest BCUT2D eigenvalue weighted by Gasteiger charge is -2.17. The summed E-state index contributed by atoms with van der Waals surface area (Å²) in [5.74, 6) is -0.195. The molecule has 1 heterocycles. The van der Waals surface area contributed by atoms with Crippen molar-refractivity contribution in [3.05, 3.63) is 65.0 Å². The number of carbonyl (C=O) groups excluding carboxylic acids is 2. The molecule has 0 spiro atoms. The summed E-state index contributed by atoms with van der Waals surface area (Å²) >= 11 is 0. The van der Waals surface area contributed by atoms with Gasteiger partial charge in [-0.1, -0.05) is 12.1 Å². The monoisotopic (exact) mass is 534 g/mol. The molecular formula is C24H25F3N6O5. The molecule has 11 nitrogen and oxygen atoms in total. The zero-order chi connectivity index (χ0) is 27.9. The molecule has 0 radical (unpaired) electrons. The van der Waals surface area contributed by atoms with E-state index >= 15 is 0 Å². The molecule has 0 aromatic heterocycles. The highest BCUT2D eigenvalue weighted by atomic mass is 19.4. The highest BCUT2D eigenvalue weighted by molar-refractivity contribution is 5.98. The van der Waals surface area contributed by atoms with Crippen molar-refractivity contribution in [2.75, 3.05) is 34.4 Å². The van der Waals surface area contributed by atoms with E-state index in [0.717, 1.165) is 24.3 Å². The smallest absolute Gasteiger partial charge is 0.416 e. The van der Waals surface area contributed by atoms with Gasteiger partial charge < -0.3 is 24.8 Å². The molecule has 1 aliphatic heterocycles. The van der Waals surface area contributed by atoms with Gasteiger partial charge in [0, 0.05) is 12.7 Å². The number of nitrogens with zero attached hydrogens (tertiary/aromatic N) is 2. The lowest BCUT2D eigenvalue weighted by molar-refractivity contribution is -0.137. The minimum absolute atomic E-state index is 0.0602. The van der Waals surface area contributed by atoms with Gasteiger partial charge in [0.1, 0.15) is 11.7 Å². The molecule has 38 heavy (non-hydrogen) atoms. The molecule has 0 fully saturated rings. The van der Waals surface area contributed by atoms with Gasteiger partial charge in [0.05, 0.1) is 45.1 Å². The number of hydrazine groups is 2. The number of carbonyl (C=O) groups is 2. The normalized spacial score (nSPS) is 13.5. The largest absolute Gasteiger partial charge is 0.493 e. The number of nitriles is 1. The first kappa shape index (κ1) is 27.9. The highest BCUT2D eigenvalue weighted by Crippen LogP contribution is 2.39. The molecule has 1 aliphatic rings. The molecule has 1 atom stereocenters. The summed E-state index contributed by atoms with van der Waals surface area (Å²) in [7, 11) is 4.29. The van der Waals surface area contributed by atoms with Crippen LogP contribution in [-0.2, 0) is 11.0 Å². The third-order valence-electron chi connectivity index (χ3n) is 5.43. The first-order valence-electron chi connectivity index (χ1n) is 11.1. The van der Waals surface area contributed by atoms with Crippen LogP contribution in [0.3, 0.4) is 0 Å². The van der Waals surface area contributed by atoms with Crippen LogP contribution in [0.1, 0.15) is 27.5 Å². The Labute approximate surface area is 216 Å². The Balaban J connectivity index is 1.56. The van der Waals surface area contributed by atoms with Gasteiger partial charge in [-0.2, -0.15) is 18.4 Å². The van der Waals surface area contributed by atoms with E-state index in [0.29, 0.717) is 5.75 Å². The SMILES string of the molecule is COc1ccc(C(=O)NCCN2C=C(C(=O)NC(C#N)c3ccc(C(F)(F)F)cc3)NN2)c(OC)c1OC. The van der Waals surface area contributed by atoms with Crippen molar-refractivity contribution < 1.29 is 37.0 Å². The van der Waals surface area contributed by atoms with Gasteiger partial charge in [-0.15, -0.1) is 5.53 Å². The van der Waals surface area contributed by atoms with E-state index in [4.69, 9.17) is 14.2 Å². The van der Waals surface area contributed by atoms with Crippen LogP contribution >= 0.6 is 0 Å². The second kappa shape index (κ2) is 12.1. The summed E-state index contributed by atoms with van der Waals surface area (Å²) in [5.41, 5.74) is 4.99. The van der Waals surface area contributed by atoms with E-state index in [9.17, 15) is 28.0 Å². The fraction of sp³-hybridized carbons (Fsp3) is 0.292. The molecule has 4 N–H and O–H groups in total. The maximum atomic E-state index is 12.8. The third-order valence-corrected chi connectivity index (χ3v) is 5.43. The molecule has 0 saturated heterocycles. The Hall–Kier alpha value is -4.64. The molecule has 2 amide bonds. The number of methoxy groups -OCH3 is 3. The molecule has 202 valence electrons. The summed E-state index contributed by atoms with van der Waals surface area (Å²) in [6.45, 7) is 0.411. The molecule has 2 aromatic carbocycles. The quantitative estimate of drug-likeness (QED) is 0.361. The van der Waals surface area contributed by atoms with Crippen molar-refractivity contribution in [1.82, 2.24) is 26.6 Å². The average molecular weight is 534 g/mol. The van der Waals surface area contributed by atoms with Crippen molar-refractivity contribution in [2.45, 2.75) is 12.2 Å². The lowest BCUT2D eigenvalue weighted by atomic mass is 10.1. The van der Waals surface area contributed by atoms with E-state index in [1.54, 1.807) is 6.07 Å². The predicted molar refractivity (Wildman–Crippen MR) is 127 cm³/mol. The van der Waals surface area contributed by atoms with Gasteiger partial charge >= 0.3 is 6.18 Å². The summed E-state index contributed by atoms with van der Waals surface area (Å²) in [6, 6.07) is 7.75. The van der Waals surface area contributed by atoms with E-state index in [-0.39, 0.29) is 41.4 Å². The minimum Gasteiger partial charge on any atom is -0.493 e. The number of alkyl halides is 3. The number of rotatable bonds is 10. The molecule has 14 heteroatoms. The van der Waals surface area contributed by atoms with E-state index < -0.39 is 29.6 Å². The molecule has 3 rings (SSSR count). The van der Waals surface area contributed by atoms with Crippen LogP contribution in [0.25, 0.3) is 0 Å². The standard InChI is InChI=1S/C24H25F3N6O5/c1-36-19-9-8-16(20(37-2)21(19)38-3)22(34)29-10-11-33-13-18(31-32-33)23(35)30-17(12-28)14-4-6-15(7-5-14)24(25,26)27/h4-9,13,17,31-32H,10-11H2,1-3H3,(H,29,34)(H,30,35). The van der Waals surface area contributed by atoms with Crippen molar-refractivity contribution in [2.24, 2.45) is 0 Å². The van der Waals surface area contributed by atoms with Crippen LogP contribution in [-0.4, -0.2) is 51.2 Å². The molecule has 2 aromatic rings. The highest BCUT2D eigenvalue weighted by Gasteiger charge is 2.30. The number of hydrogen-bond acceptors (Lipinski definition) is 9. The first-order chi connectivity index (χ1) is 18.1. The van der Waals surface area contributed by atoms with Crippen molar-refractivity contribution in [3.8, 4) is 23.3 Å². The van der Waals surface area contributed by atoms with Crippen molar-refractivity contribution >= 4 is 11.8 Å². The summed E-state index contributed by atoms with van der Waals surface area (Å²) in [6.07, 6.45) is -3.09. The number of amides is 2. The van der Waals surface area contributed by atoms with Gasteiger partial charge in [-0.3, -0.25) is 20.0 Å². The summed E-state index contributed by atoms with van der Waals surface area (Å²) in [4.78, 5) is 25.3. The van der Waals surface area contributed by atoms with Crippen LogP contribution in [0.5, 0.6) is 17.2 Å². The zero-order valence-corrected chi connectivity index (χ0v) is 20.6. The van der Waals surface area contributed by atoms with Crippen molar-refractivity contribution in [1.29, 1.82) is 5.26 Å². The van der Waals surface area contributed by atoms with Crippen LogP contribution in [0, 0.1) is 11.3 Å². The number of hydrogen-bond donors (Lipinski definition) is 4. The van der Waals surface area contributed by atoms with E-state index in [2.05, 4.69) is 21.6 Å². The number of halogens is 3. The van der Waals surface area contributed by atoms with Crippen molar-refractivity contribution in [3.63, 3.8) is 0 Å². The van der Waals surface area contributed by atoms with Crippen LogP contribution < -0.4 is 35.8 Å². The van der Waals surface area contributed by atoms with Crippen LogP contribution in [0.2, 0.25) is 0 Å². The number of ether oxygens (including phenoxy) is 3. The Kier molecular flexibility index (Phi) is 8.87. The fourth-order valence-electron chi connectivity index (χ4n) is 3.52. The molecule has 1 unspecified atom stereocenters. The van der Waals surface area contributed by atoms with Crippen LogP contribution in [0.4, 0.5) is 13.2 Å². The Morgan fingerprint density at radius 2 is 1.71 bits per heavy atom. The van der Waals surface area contributed by atoms with E-state index in [1.807, 2.05) is 6.07 Å². The molecule has 0 bridgehead atoms. The second-order valence-electron chi connectivity index (χ2n) is 7.77. The maximum Gasteiger partial charge on any atom is 0.416 e. The Morgan fingerprint density at radius 3 is 2.29 bits per heavy atom. The minimum atomic E-state index is -4.51. The molecular weight excluding hydrogens is 509 g/mol. The van der Waals surface area contributed by atoms with Gasteiger partial charge in [-0.05, 0) is 29.8 Å². The van der Waals surface area contributed by atoms with Gasteiger partial charge in [-0.25, -0.2) is 0 Å². The number of nitrogens with one attached hydrogen (secondary N) is 4. The van der Waals surface area contributed by atoms with Crippen LogP contribution in [0.15, 0.2) is 48.3 Å². The molecule has 0 saturated carbocycles. The van der Waals surface area contributed by atoms with Gasteiger partial charge in [0.2, 0.25) is 5.75 Å². The lowest BCUT2D eigenvalue weighted by Crippen LogP contribution is -2.42. The van der Waals surface area contributed by atoms with Gasteiger partial charge in [0.15, 0.2) is 11.5 Å². The molecule has 0 aliphatic carbocycles. The number of benzene rings is 2. The Morgan fingerprint density at radius 1 is 1.03 bits per heavy atom. The second-order valence-corrected chi connectivity index (χ2v) is 7.77. The predicted octanol–water partition coefficient (Wildman–Crippen LogP) is 2.01. The fourth-order valence-corrected chi connectivity index (χ4v) is 3.52. The first-order valence-corrected chi connectivity index (χ1v) is 11.1. The zero-order valence-electron chi connectivity index (χ0n) is 20.6. The topological polar surface area (TPSA) is 137 Å². The summed E-state index contributed by atoms with van der Waals surface area (Å²) in [5, 5.41) is 16.1. The Bertz CT molecular complexity index is 1240.